The van der Waals surface area contributed by atoms with E-state index in [1.807, 2.05) is 0 Å². The van der Waals surface area contributed by atoms with Crippen LogP contribution in [0.1, 0.15) is 12.8 Å². The SMILES string of the molecule is NC(=O)CONC(=O)CCCOc1ccc(F)cc1. The zero-order chi connectivity index (χ0) is 14.1. The van der Waals surface area contributed by atoms with E-state index in [0.29, 0.717) is 18.8 Å². The first-order valence-corrected chi connectivity index (χ1v) is 5.65. The molecule has 0 radical (unpaired) electrons. The highest BCUT2D eigenvalue weighted by molar-refractivity contribution is 5.76. The Hall–Kier alpha value is -2.15. The largest absolute Gasteiger partial charge is 0.494 e. The minimum absolute atomic E-state index is 0.181. The number of carbonyl (C=O) groups is 2. The van der Waals surface area contributed by atoms with Crippen LogP contribution in [0.5, 0.6) is 5.75 Å². The van der Waals surface area contributed by atoms with E-state index in [0.717, 1.165) is 0 Å². The first-order chi connectivity index (χ1) is 9.08. The maximum absolute atomic E-state index is 12.6. The van der Waals surface area contributed by atoms with Crippen LogP contribution in [0.2, 0.25) is 0 Å². The first kappa shape index (κ1) is 14.9. The minimum atomic E-state index is -0.667. The van der Waals surface area contributed by atoms with Gasteiger partial charge in [-0.2, -0.15) is 0 Å². The number of primary amides is 1. The van der Waals surface area contributed by atoms with Crippen molar-refractivity contribution in [3.63, 3.8) is 0 Å². The van der Waals surface area contributed by atoms with Crippen molar-refractivity contribution in [2.24, 2.45) is 5.73 Å². The van der Waals surface area contributed by atoms with Gasteiger partial charge in [-0.1, -0.05) is 0 Å². The van der Waals surface area contributed by atoms with Gasteiger partial charge >= 0.3 is 0 Å². The lowest BCUT2D eigenvalue weighted by molar-refractivity contribution is -0.138. The summed E-state index contributed by atoms with van der Waals surface area (Å²) in [4.78, 5) is 26.0. The van der Waals surface area contributed by atoms with E-state index in [2.05, 4.69) is 10.3 Å². The molecular formula is C12H15FN2O4. The van der Waals surface area contributed by atoms with Crippen LogP contribution in [0.4, 0.5) is 4.39 Å². The topological polar surface area (TPSA) is 90.7 Å². The highest BCUT2D eigenvalue weighted by Gasteiger charge is 2.02. The van der Waals surface area contributed by atoms with Gasteiger partial charge in [-0.25, -0.2) is 9.87 Å². The van der Waals surface area contributed by atoms with E-state index in [9.17, 15) is 14.0 Å². The molecule has 0 atom stereocenters. The predicted octanol–water partition coefficient (Wildman–Crippen LogP) is 0.518. The summed E-state index contributed by atoms with van der Waals surface area (Å²) < 4.78 is 17.9. The van der Waals surface area contributed by atoms with E-state index >= 15 is 0 Å². The van der Waals surface area contributed by atoms with Gasteiger partial charge in [0.2, 0.25) is 11.8 Å². The second kappa shape index (κ2) is 8.04. The lowest BCUT2D eigenvalue weighted by Crippen LogP contribution is -2.29. The van der Waals surface area contributed by atoms with E-state index in [1.54, 1.807) is 0 Å². The normalized spacial score (nSPS) is 9.95. The number of hydroxylamine groups is 1. The van der Waals surface area contributed by atoms with Gasteiger partial charge in [-0.3, -0.25) is 14.4 Å². The van der Waals surface area contributed by atoms with Gasteiger partial charge < -0.3 is 10.5 Å². The molecule has 1 rings (SSSR count). The minimum Gasteiger partial charge on any atom is -0.494 e. The third kappa shape index (κ3) is 6.99. The fraction of sp³-hybridized carbons (Fsp3) is 0.333. The zero-order valence-electron chi connectivity index (χ0n) is 10.2. The molecule has 0 aliphatic heterocycles. The Balaban J connectivity index is 2.08. The Labute approximate surface area is 109 Å². The van der Waals surface area contributed by atoms with Crippen molar-refractivity contribution < 1.29 is 23.6 Å². The maximum Gasteiger partial charge on any atom is 0.246 e. The molecule has 0 fully saturated rings. The summed E-state index contributed by atoms with van der Waals surface area (Å²) in [6.07, 6.45) is 0.642. The van der Waals surface area contributed by atoms with Gasteiger partial charge in [0.1, 0.15) is 11.6 Å². The summed E-state index contributed by atoms with van der Waals surface area (Å²) >= 11 is 0. The average Bonchev–Trinajstić information content (AvgIpc) is 2.36. The van der Waals surface area contributed by atoms with Gasteiger partial charge in [-0.05, 0) is 30.7 Å². The molecular weight excluding hydrogens is 255 g/mol. The number of benzene rings is 1. The molecule has 0 spiro atoms. The summed E-state index contributed by atoms with van der Waals surface area (Å²) in [6.45, 7) is -0.0489. The Kier molecular flexibility index (Phi) is 6.31. The van der Waals surface area contributed by atoms with E-state index in [1.165, 1.54) is 24.3 Å². The summed E-state index contributed by atoms with van der Waals surface area (Å²) in [6, 6.07) is 5.59. The van der Waals surface area contributed by atoms with Crippen LogP contribution in [-0.4, -0.2) is 25.0 Å². The Bertz CT molecular complexity index is 422. The molecule has 3 N–H and O–H groups in total. The molecule has 0 unspecified atom stereocenters. The molecule has 0 bridgehead atoms. The van der Waals surface area contributed by atoms with Gasteiger partial charge in [0.15, 0.2) is 6.61 Å². The summed E-state index contributed by atoms with van der Waals surface area (Å²) in [5.74, 6) is -0.839. The predicted molar refractivity (Wildman–Crippen MR) is 64.4 cm³/mol. The second-order valence-electron chi connectivity index (χ2n) is 3.69. The average molecular weight is 270 g/mol. The summed E-state index contributed by atoms with van der Waals surface area (Å²) in [5.41, 5.74) is 6.89. The van der Waals surface area contributed by atoms with Crippen molar-refractivity contribution >= 4 is 11.8 Å². The molecule has 2 amide bonds. The molecule has 104 valence electrons. The molecule has 0 aliphatic carbocycles. The molecule has 0 saturated carbocycles. The molecule has 7 heteroatoms. The van der Waals surface area contributed by atoms with Crippen molar-refractivity contribution in [3.05, 3.63) is 30.1 Å². The van der Waals surface area contributed by atoms with Crippen LogP contribution in [0.25, 0.3) is 0 Å². The van der Waals surface area contributed by atoms with Crippen LogP contribution in [0.3, 0.4) is 0 Å². The number of nitrogens with one attached hydrogen (secondary N) is 1. The molecule has 0 heterocycles. The van der Waals surface area contributed by atoms with E-state index in [-0.39, 0.29) is 24.8 Å². The number of nitrogens with two attached hydrogens (primary N) is 1. The summed E-state index contributed by atoms with van der Waals surface area (Å²) in [5, 5.41) is 0. The molecule has 6 nitrogen and oxygen atoms in total. The molecule has 0 aliphatic rings. The van der Waals surface area contributed by atoms with Gasteiger partial charge in [0, 0.05) is 6.42 Å². The van der Waals surface area contributed by atoms with Crippen molar-refractivity contribution in [1.29, 1.82) is 0 Å². The third-order valence-corrected chi connectivity index (χ3v) is 2.03. The van der Waals surface area contributed by atoms with Crippen molar-refractivity contribution in [1.82, 2.24) is 5.48 Å². The highest BCUT2D eigenvalue weighted by atomic mass is 19.1. The monoisotopic (exact) mass is 270 g/mol. The van der Waals surface area contributed by atoms with Gasteiger partial charge in [-0.15, -0.1) is 0 Å². The zero-order valence-corrected chi connectivity index (χ0v) is 10.2. The third-order valence-electron chi connectivity index (χ3n) is 2.03. The number of amides is 2. The smallest absolute Gasteiger partial charge is 0.246 e. The lowest BCUT2D eigenvalue weighted by atomic mass is 10.3. The number of hydrogen-bond acceptors (Lipinski definition) is 4. The first-order valence-electron chi connectivity index (χ1n) is 5.65. The number of hydrogen-bond donors (Lipinski definition) is 2. The van der Waals surface area contributed by atoms with Crippen LogP contribution >= 0.6 is 0 Å². The Morgan fingerprint density at radius 2 is 1.95 bits per heavy atom. The Morgan fingerprint density at radius 1 is 1.26 bits per heavy atom. The molecule has 0 aromatic heterocycles. The molecule has 0 saturated heterocycles. The van der Waals surface area contributed by atoms with Gasteiger partial charge in [0.25, 0.3) is 0 Å². The van der Waals surface area contributed by atoms with Crippen LogP contribution in [-0.2, 0) is 14.4 Å². The van der Waals surface area contributed by atoms with E-state index in [4.69, 9.17) is 10.5 Å². The second-order valence-corrected chi connectivity index (χ2v) is 3.69. The quantitative estimate of drug-likeness (QED) is 0.532. The molecule has 19 heavy (non-hydrogen) atoms. The Morgan fingerprint density at radius 3 is 2.58 bits per heavy atom. The number of halogens is 1. The molecule has 1 aromatic carbocycles. The highest BCUT2D eigenvalue weighted by Crippen LogP contribution is 2.11. The van der Waals surface area contributed by atoms with Crippen molar-refractivity contribution in [3.8, 4) is 5.75 Å². The van der Waals surface area contributed by atoms with Gasteiger partial charge in [0.05, 0.1) is 6.61 Å². The van der Waals surface area contributed by atoms with Crippen LogP contribution in [0, 0.1) is 5.82 Å². The maximum atomic E-state index is 12.6. The number of ether oxygens (including phenoxy) is 1. The van der Waals surface area contributed by atoms with Crippen LogP contribution in [0.15, 0.2) is 24.3 Å². The fourth-order valence-corrected chi connectivity index (χ4v) is 1.19. The van der Waals surface area contributed by atoms with Crippen molar-refractivity contribution in [2.75, 3.05) is 13.2 Å². The van der Waals surface area contributed by atoms with Crippen LogP contribution < -0.4 is 16.0 Å². The lowest BCUT2D eigenvalue weighted by Gasteiger charge is -2.06. The van der Waals surface area contributed by atoms with Crippen molar-refractivity contribution in [2.45, 2.75) is 12.8 Å². The summed E-state index contributed by atoms with van der Waals surface area (Å²) in [7, 11) is 0. The van der Waals surface area contributed by atoms with E-state index < -0.39 is 5.91 Å². The number of rotatable bonds is 8. The fourth-order valence-electron chi connectivity index (χ4n) is 1.19. The standard InChI is InChI=1S/C12H15FN2O4/c13-9-3-5-10(6-4-9)18-7-1-2-12(17)15-19-8-11(14)16/h3-6H,1-2,7-8H2,(H2,14,16)(H,15,17). The number of carbonyl (C=O) groups excluding carboxylic acids is 2. The molecule has 1 aromatic rings.